The molecule has 0 heterocycles. The highest BCUT2D eigenvalue weighted by atomic mass is 19.1. The molecule has 0 spiro atoms. The minimum absolute atomic E-state index is 0.186. The lowest BCUT2D eigenvalue weighted by Crippen LogP contribution is -2.08. The second-order valence-electron chi connectivity index (χ2n) is 2.10. The van der Waals surface area contributed by atoms with Gasteiger partial charge < -0.3 is 4.74 Å². The Hall–Kier alpha value is -1.78. The van der Waals surface area contributed by atoms with Crippen LogP contribution in [0.3, 0.4) is 0 Å². The van der Waals surface area contributed by atoms with Crippen LogP contribution in [0.5, 0.6) is 0 Å². The smallest absolute Gasteiger partial charge is 0.351 e. The van der Waals surface area contributed by atoms with E-state index in [0.717, 1.165) is 18.2 Å². The van der Waals surface area contributed by atoms with Crippen LogP contribution in [0.25, 0.3) is 0 Å². The van der Waals surface area contributed by atoms with E-state index in [0.29, 0.717) is 0 Å². The lowest BCUT2D eigenvalue weighted by atomic mass is 10.2. The van der Waals surface area contributed by atoms with Crippen molar-refractivity contribution in [2.24, 2.45) is 0 Å². The van der Waals surface area contributed by atoms with Gasteiger partial charge in [0.1, 0.15) is 17.2 Å². The molecule has 3 nitrogen and oxygen atoms in total. The first kappa shape index (κ1) is 9.31. The summed E-state index contributed by atoms with van der Waals surface area (Å²) in [4.78, 5) is 20.5. The van der Waals surface area contributed by atoms with Gasteiger partial charge in [0, 0.05) is 0 Å². The Kier molecular flexibility index (Phi) is 2.69. The minimum atomic E-state index is -1.34. The highest BCUT2D eigenvalue weighted by Gasteiger charge is 2.17. The molecule has 0 amide bonds. The van der Waals surface area contributed by atoms with Crippen molar-refractivity contribution in [3.05, 3.63) is 35.4 Å². The molecule has 1 aromatic rings. The number of hydrogen-bond acceptors (Lipinski definition) is 3. The van der Waals surface area contributed by atoms with E-state index < -0.39 is 23.2 Å². The van der Waals surface area contributed by atoms with Crippen molar-refractivity contribution in [1.29, 1.82) is 0 Å². The Morgan fingerprint density at radius 2 is 1.85 bits per heavy atom. The van der Waals surface area contributed by atoms with Crippen molar-refractivity contribution in [2.75, 3.05) is 0 Å². The Morgan fingerprint density at radius 1 is 1.31 bits per heavy atom. The van der Waals surface area contributed by atoms with Crippen molar-refractivity contribution < 1.29 is 23.1 Å². The largest absolute Gasteiger partial charge is 0.392 e. The van der Waals surface area contributed by atoms with Crippen LogP contribution < -0.4 is 0 Å². The molecule has 0 aliphatic heterocycles. The van der Waals surface area contributed by atoms with Gasteiger partial charge in [0.05, 0.1) is 0 Å². The topological polar surface area (TPSA) is 43.4 Å². The van der Waals surface area contributed by atoms with E-state index in [4.69, 9.17) is 0 Å². The van der Waals surface area contributed by atoms with Crippen molar-refractivity contribution >= 4 is 12.4 Å². The molecule has 0 bridgehead atoms. The molecule has 0 aliphatic rings. The maximum atomic E-state index is 12.8. The van der Waals surface area contributed by atoms with E-state index in [2.05, 4.69) is 4.74 Å². The van der Waals surface area contributed by atoms with E-state index in [9.17, 15) is 18.4 Å². The first-order chi connectivity index (χ1) is 6.16. The van der Waals surface area contributed by atoms with Crippen LogP contribution in [-0.4, -0.2) is 12.4 Å². The highest BCUT2D eigenvalue weighted by Crippen LogP contribution is 2.12. The van der Waals surface area contributed by atoms with Crippen LogP contribution in [0.15, 0.2) is 18.2 Å². The number of rotatable bonds is 2. The van der Waals surface area contributed by atoms with Gasteiger partial charge in [-0.15, -0.1) is 0 Å². The fourth-order valence-corrected chi connectivity index (χ4v) is 0.795. The SMILES string of the molecule is O=COC(=O)c1c(F)cccc1F. The number of esters is 1. The van der Waals surface area contributed by atoms with Gasteiger partial charge in [-0.3, -0.25) is 4.79 Å². The Bertz CT molecular complexity index is 329. The lowest BCUT2D eigenvalue weighted by Gasteiger charge is -1.99. The van der Waals surface area contributed by atoms with Gasteiger partial charge in [0.15, 0.2) is 0 Å². The van der Waals surface area contributed by atoms with Gasteiger partial charge >= 0.3 is 12.4 Å². The number of carbonyl (C=O) groups excluding carboxylic acids is 2. The fourth-order valence-electron chi connectivity index (χ4n) is 0.795. The van der Waals surface area contributed by atoms with Crippen LogP contribution in [0.4, 0.5) is 8.78 Å². The lowest BCUT2D eigenvalue weighted by molar-refractivity contribution is -0.123. The molecular formula is C8H4F2O3. The van der Waals surface area contributed by atoms with Crippen LogP contribution >= 0.6 is 0 Å². The zero-order valence-corrected chi connectivity index (χ0v) is 6.29. The molecule has 0 atom stereocenters. The third kappa shape index (κ3) is 1.87. The molecule has 0 aromatic heterocycles. The number of ether oxygens (including phenoxy) is 1. The van der Waals surface area contributed by atoms with Crippen LogP contribution in [0.2, 0.25) is 0 Å². The molecule has 13 heavy (non-hydrogen) atoms. The van der Waals surface area contributed by atoms with Crippen molar-refractivity contribution in [1.82, 2.24) is 0 Å². The Morgan fingerprint density at radius 3 is 2.31 bits per heavy atom. The predicted octanol–water partition coefficient (Wildman–Crippen LogP) is 1.28. The highest BCUT2D eigenvalue weighted by molar-refractivity contribution is 5.93. The van der Waals surface area contributed by atoms with Crippen molar-refractivity contribution in [3.8, 4) is 0 Å². The Balaban J connectivity index is 3.12. The van der Waals surface area contributed by atoms with Crippen LogP contribution in [0, 0.1) is 11.6 Å². The maximum absolute atomic E-state index is 12.8. The number of hydrogen-bond donors (Lipinski definition) is 0. The van der Waals surface area contributed by atoms with Gasteiger partial charge in [0.25, 0.3) is 0 Å². The molecule has 1 rings (SSSR count). The summed E-state index contributed by atoms with van der Waals surface area (Å²) in [6.07, 6.45) is 0. The molecule has 0 N–H and O–H groups in total. The molecule has 5 heteroatoms. The second kappa shape index (κ2) is 3.75. The predicted molar refractivity (Wildman–Crippen MR) is 37.8 cm³/mol. The molecule has 0 aliphatic carbocycles. The second-order valence-corrected chi connectivity index (χ2v) is 2.10. The monoisotopic (exact) mass is 186 g/mol. The summed E-state index contributed by atoms with van der Waals surface area (Å²) < 4.78 is 29.3. The molecule has 0 saturated heterocycles. The summed E-state index contributed by atoms with van der Waals surface area (Å²) in [5.41, 5.74) is -0.866. The molecule has 68 valence electrons. The first-order valence-electron chi connectivity index (χ1n) is 3.25. The van der Waals surface area contributed by atoms with Crippen LogP contribution in [-0.2, 0) is 9.53 Å². The van der Waals surface area contributed by atoms with Gasteiger partial charge in [0.2, 0.25) is 0 Å². The third-order valence-corrected chi connectivity index (χ3v) is 1.32. The van der Waals surface area contributed by atoms with Crippen molar-refractivity contribution in [2.45, 2.75) is 0 Å². The summed E-state index contributed by atoms with van der Waals surface area (Å²) in [7, 11) is 0. The summed E-state index contributed by atoms with van der Waals surface area (Å²) in [5, 5.41) is 0. The van der Waals surface area contributed by atoms with Crippen LogP contribution in [0.1, 0.15) is 10.4 Å². The van der Waals surface area contributed by atoms with E-state index in [1.54, 1.807) is 0 Å². The normalized spacial score (nSPS) is 9.38. The van der Waals surface area contributed by atoms with Crippen molar-refractivity contribution in [3.63, 3.8) is 0 Å². The summed E-state index contributed by atoms with van der Waals surface area (Å²) in [6, 6.07) is 2.89. The molecule has 0 radical (unpaired) electrons. The number of halogens is 2. The number of carbonyl (C=O) groups is 2. The maximum Gasteiger partial charge on any atom is 0.351 e. The first-order valence-corrected chi connectivity index (χ1v) is 3.25. The molecule has 1 aromatic carbocycles. The number of benzene rings is 1. The van der Waals surface area contributed by atoms with E-state index in [-0.39, 0.29) is 6.47 Å². The molecular weight excluding hydrogens is 182 g/mol. The minimum Gasteiger partial charge on any atom is -0.392 e. The summed E-state index contributed by atoms with van der Waals surface area (Å²) in [6.45, 7) is -0.186. The Labute approximate surface area is 71.9 Å². The summed E-state index contributed by atoms with van der Waals surface area (Å²) in [5.74, 6) is -3.47. The van der Waals surface area contributed by atoms with Gasteiger partial charge in [-0.2, -0.15) is 0 Å². The zero-order chi connectivity index (χ0) is 9.84. The van der Waals surface area contributed by atoms with Gasteiger partial charge in [-0.1, -0.05) is 6.07 Å². The summed E-state index contributed by atoms with van der Waals surface area (Å²) >= 11 is 0. The average molecular weight is 186 g/mol. The zero-order valence-electron chi connectivity index (χ0n) is 6.29. The molecule has 0 unspecified atom stereocenters. The van der Waals surface area contributed by atoms with E-state index in [1.165, 1.54) is 0 Å². The standard InChI is InChI=1S/C8H4F2O3/c9-5-2-1-3-6(10)7(5)8(12)13-4-11/h1-4H. The quantitative estimate of drug-likeness (QED) is 0.397. The average Bonchev–Trinajstić information content (AvgIpc) is 2.04. The fraction of sp³-hybridized carbons (Fsp3) is 0. The molecule has 0 saturated carbocycles. The van der Waals surface area contributed by atoms with E-state index in [1.807, 2.05) is 0 Å². The van der Waals surface area contributed by atoms with E-state index >= 15 is 0 Å². The van der Waals surface area contributed by atoms with Gasteiger partial charge in [-0.05, 0) is 12.1 Å². The third-order valence-electron chi connectivity index (χ3n) is 1.32. The van der Waals surface area contributed by atoms with Gasteiger partial charge in [-0.25, -0.2) is 13.6 Å². The molecule has 0 fully saturated rings.